The standard InChI is InChI=1S/C17H11BrN2OS2/c1-21-15-7-6-11(9-13(15)18)8-12(10-19)22-17-20-14-4-2-3-5-16(14)23-17/h2-9H,1H3/b12-8+. The maximum atomic E-state index is 9.39. The molecule has 6 heteroatoms. The van der Waals surface area contributed by atoms with Crippen LogP contribution < -0.4 is 4.74 Å². The number of hydrogen-bond acceptors (Lipinski definition) is 5. The molecular weight excluding hydrogens is 392 g/mol. The fourth-order valence-corrected chi connectivity index (χ4v) is 4.53. The largest absolute Gasteiger partial charge is 0.496 e. The van der Waals surface area contributed by atoms with Crippen molar-refractivity contribution in [3.63, 3.8) is 0 Å². The number of methoxy groups -OCH3 is 1. The van der Waals surface area contributed by atoms with Gasteiger partial charge < -0.3 is 4.74 Å². The summed E-state index contributed by atoms with van der Waals surface area (Å²) in [4.78, 5) is 5.15. The van der Waals surface area contributed by atoms with E-state index in [1.54, 1.807) is 18.4 Å². The zero-order valence-corrected chi connectivity index (χ0v) is 15.3. The SMILES string of the molecule is COc1ccc(/C=C(\C#N)Sc2nc3ccccc3s2)cc1Br. The van der Waals surface area contributed by atoms with Gasteiger partial charge in [0.05, 0.1) is 26.7 Å². The van der Waals surface area contributed by atoms with E-state index in [2.05, 4.69) is 27.0 Å². The van der Waals surface area contributed by atoms with E-state index in [0.717, 1.165) is 30.3 Å². The zero-order valence-electron chi connectivity index (χ0n) is 12.1. The van der Waals surface area contributed by atoms with Crippen molar-refractivity contribution >= 4 is 55.3 Å². The third kappa shape index (κ3) is 3.75. The molecule has 0 aliphatic heterocycles. The molecule has 0 unspecified atom stereocenters. The molecule has 3 nitrogen and oxygen atoms in total. The summed E-state index contributed by atoms with van der Waals surface area (Å²) in [5.41, 5.74) is 1.90. The van der Waals surface area contributed by atoms with Crippen LogP contribution in [0.25, 0.3) is 16.3 Å². The van der Waals surface area contributed by atoms with Crippen LogP contribution in [0.4, 0.5) is 0 Å². The Bertz CT molecular complexity index is 895. The van der Waals surface area contributed by atoms with Crippen molar-refractivity contribution in [3.05, 3.63) is 57.4 Å². The number of ether oxygens (including phenoxy) is 1. The normalized spacial score (nSPS) is 11.4. The van der Waals surface area contributed by atoms with Crippen molar-refractivity contribution in [2.45, 2.75) is 4.34 Å². The molecule has 0 aliphatic rings. The number of para-hydroxylation sites is 1. The van der Waals surface area contributed by atoms with Crippen LogP contribution in [0.1, 0.15) is 5.56 Å². The first kappa shape index (κ1) is 16.1. The van der Waals surface area contributed by atoms with Gasteiger partial charge in [-0.2, -0.15) is 5.26 Å². The van der Waals surface area contributed by atoms with Gasteiger partial charge in [-0.3, -0.25) is 0 Å². The molecule has 3 rings (SSSR count). The second kappa shape index (κ2) is 7.18. The van der Waals surface area contributed by atoms with E-state index in [4.69, 9.17) is 4.74 Å². The van der Waals surface area contributed by atoms with Crippen LogP contribution in [-0.4, -0.2) is 12.1 Å². The number of allylic oxidation sites excluding steroid dienone is 1. The average Bonchev–Trinajstić information content (AvgIpc) is 2.96. The average molecular weight is 403 g/mol. The summed E-state index contributed by atoms with van der Waals surface area (Å²) in [6.45, 7) is 0. The van der Waals surface area contributed by atoms with E-state index < -0.39 is 0 Å². The minimum absolute atomic E-state index is 0.598. The van der Waals surface area contributed by atoms with Crippen molar-refractivity contribution in [3.8, 4) is 11.8 Å². The second-order valence-electron chi connectivity index (χ2n) is 4.56. The van der Waals surface area contributed by atoms with Crippen LogP contribution in [0.5, 0.6) is 5.75 Å². The van der Waals surface area contributed by atoms with Crippen LogP contribution >= 0.6 is 39.0 Å². The maximum absolute atomic E-state index is 9.39. The van der Waals surface area contributed by atoms with Gasteiger partial charge in [0.25, 0.3) is 0 Å². The van der Waals surface area contributed by atoms with Crippen molar-refractivity contribution in [1.82, 2.24) is 4.98 Å². The lowest BCUT2D eigenvalue weighted by Gasteiger charge is -2.03. The number of nitriles is 1. The maximum Gasteiger partial charge on any atom is 0.156 e. The van der Waals surface area contributed by atoms with Crippen molar-refractivity contribution in [1.29, 1.82) is 5.26 Å². The third-order valence-electron chi connectivity index (χ3n) is 3.06. The molecule has 1 aromatic heterocycles. The summed E-state index contributed by atoms with van der Waals surface area (Å²) in [7, 11) is 1.62. The Morgan fingerprint density at radius 3 is 2.87 bits per heavy atom. The van der Waals surface area contributed by atoms with Crippen molar-refractivity contribution in [2.24, 2.45) is 0 Å². The van der Waals surface area contributed by atoms with E-state index in [9.17, 15) is 5.26 Å². The predicted molar refractivity (Wildman–Crippen MR) is 99.8 cm³/mol. The number of halogens is 1. The number of hydrogen-bond donors (Lipinski definition) is 0. The summed E-state index contributed by atoms with van der Waals surface area (Å²) >= 11 is 6.43. The molecule has 1 heterocycles. The molecule has 0 aliphatic carbocycles. The highest BCUT2D eigenvalue weighted by molar-refractivity contribution is 9.10. The monoisotopic (exact) mass is 402 g/mol. The Morgan fingerprint density at radius 2 is 2.17 bits per heavy atom. The minimum atomic E-state index is 0.598. The van der Waals surface area contributed by atoms with Crippen LogP contribution in [0.3, 0.4) is 0 Å². The van der Waals surface area contributed by atoms with E-state index in [1.807, 2.05) is 48.5 Å². The Labute approximate surface area is 150 Å². The van der Waals surface area contributed by atoms with Gasteiger partial charge in [-0.1, -0.05) is 18.2 Å². The summed E-state index contributed by atoms with van der Waals surface area (Å²) in [5, 5.41) is 9.39. The summed E-state index contributed by atoms with van der Waals surface area (Å²) in [6.07, 6.45) is 1.85. The first-order valence-corrected chi connectivity index (χ1v) is 9.11. The highest BCUT2D eigenvalue weighted by Gasteiger charge is 2.08. The summed E-state index contributed by atoms with van der Waals surface area (Å²) in [5.74, 6) is 0.763. The molecule has 23 heavy (non-hydrogen) atoms. The predicted octanol–water partition coefficient (Wildman–Crippen LogP) is 5.72. The number of fused-ring (bicyclic) bond motifs is 1. The molecule has 0 N–H and O–H groups in total. The highest BCUT2D eigenvalue weighted by atomic mass is 79.9. The minimum Gasteiger partial charge on any atom is -0.496 e. The van der Waals surface area contributed by atoms with E-state index >= 15 is 0 Å². The topological polar surface area (TPSA) is 45.9 Å². The Morgan fingerprint density at radius 1 is 1.35 bits per heavy atom. The molecule has 0 radical (unpaired) electrons. The second-order valence-corrected chi connectivity index (χ2v) is 7.74. The Hall–Kier alpha value is -1.81. The molecule has 0 fully saturated rings. The molecule has 2 aromatic carbocycles. The Balaban J connectivity index is 1.87. The number of rotatable bonds is 4. The van der Waals surface area contributed by atoms with Gasteiger partial charge in [0.15, 0.2) is 4.34 Å². The molecule has 114 valence electrons. The quantitative estimate of drug-likeness (QED) is 0.413. The van der Waals surface area contributed by atoms with Crippen LogP contribution in [0.15, 0.2) is 56.2 Å². The summed E-state index contributed by atoms with van der Waals surface area (Å²) < 4.78 is 8.06. The van der Waals surface area contributed by atoms with Gasteiger partial charge >= 0.3 is 0 Å². The number of thioether (sulfide) groups is 1. The van der Waals surface area contributed by atoms with Gasteiger partial charge in [-0.15, -0.1) is 11.3 Å². The summed E-state index contributed by atoms with van der Waals surface area (Å²) in [6, 6.07) is 15.9. The zero-order chi connectivity index (χ0) is 16.2. The molecule has 0 atom stereocenters. The van der Waals surface area contributed by atoms with Gasteiger partial charge in [0.2, 0.25) is 0 Å². The molecule has 0 bridgehead atoms. The van der Waals surface area contributed by atoms with Crippen molar-refractivity contribution < 1.29 is 4.74 Å². The number of benzene rings is 2. The molecule has 0 saturated heterocycles. The van der Waals surface area contributed by atoms with Crippen molar-refractivity contribution in [2.75, 3.05) is 7.11 Å². The fourth-order valence-electron chi connectivity index (χ4n) is 2.00. The lowest BCUT2D eigenvalue weighted by atomic mass is 10.2. The smallest absolute Gasteiger partial charge is 0.156 e. The number of thiazole rings is 1. The van der Waals surface area contributed by atoms with Gasteiger partial charge in [0, 0.05) is 0 Å². The van der Waals surface area contributed by atoms with Gasteiger partial charge in [-0.05, 0) is 63.6 Å². The third-order valence-corrected chi connectivity index (χ3v) is 5.70. The number of aromatic nitrogens is 1. The van der Waals surface area contributed by atoms with Crippen LogP contribution in [0, 0.1) is 11.3 Å². The first-order chi connectivity index (χ1) is 11.2. The highest BCUT2D eigenvalue weighted by Crippen LogP contribution is 2.35. The molecule has 3 aromatic rings. The van der Waals surface area contributed by atoms with E-state index in [0.29, 0.717) is 4.91 Å². The fraction of sp³-hybridized carbons (Fsp3) is 0.0588. The Kier molecular flexibility index (Phi) is 5.01. The lowest BCUT2D eigenvalue weighted by molar-refractivity contribution is 0.412. The molecule has 0 saturated carbocycles. The molecule has 0 spiro atoms. The van der Waals surface area contributed by atoms with E-state index in [-0.39, 0.29) is 0 Å². The number of nitrogens with zero attached hydrogens (tertiary/aromatic N) is 2. The van der Waals surface area contributed by atoms with Gasteiger partial charge in [-0.25, -0.2) is 4.98 Å². The molecular formula is C17H11BrN2OS2. The van der Waals surface area contributed by atoms with Crippen LogP contribution in [0.2, 0.25) is 0 Å². The van der Waals surface area contributed by atoms with Crippen LogP contribution in [-0.2, 0) is 0 Å². The van der Waals surface area contributed by atoms with Gasteiger partial charge in [0.1, 0.15) is 11.8 Å². The first-order valence-electron chi connectivity index (χ1n) is 6.68. The lowest BCUT2D eigenvalue weighted by Crippen LogP contribution is -1.84. The molecule has 0 amide bonds. The van der Waals surface area contributed by atoms with E-state index in [1.165, 1.54) is 11.8 Å².